The Bertz CT molecular complexity index is 424. The monoisotopic (exact) mass is 294 g/mol. The van der Waals surface area contributed by atoms with Crippen molar-refractivity contribution in [1.82, 2.24) is 10.2 Å². The Morgan fingerprint density at radius 3 is 2.75 bits per heavy atom. The summed E-state index contributed by atoms with van der Waals surface area (Å²) in [5.41, 5.74) is 1.38. The summed E-state index contributed by atoms with van der Waals surface area (Å²) >= 11 is 0. The molecule has 0 saturated carbocycles. The van der Waals surface area contributed by atoms with Crippen molar-refractivity contribution in [3.05, 3.63) is 35.9 Å². The number of piperazine rings is 1. The summed E-state index contributed by atoms with van der Waals surface area (Å²) in [4.78, 5) is 2.56. The van der Waals surface area contributed by atoms with Crippen molar-refractivity contribution in [1.29, 1.82) is 0 Å². The Morgan fingerprint density at radius 1 is 1.35 bits per heavy atom. The number of nitrogens with one attached hydrogen (secondary N) is 1. The van der Waals surface area contributed by atoms with Crippen LogP contribution in [0.5, 0.6) is 0 Å². The highest BCUT2D eigenvalue weighted by Crippen LogP contribution is 2.24. The van der Waals surface area contributed by atoms with E-state index in [1.54, 1.807) is 6.26 Å². The maximum Gasteiger partial charge on any atom is 0.0473 e. The molecule has 0 spiro atoms. The lowest BCUT2D eigenvalue weighted by Gasteiger charge is -2.40. The molecule has 0 amide bonds. The fourth-order valence-electron chi connectivity index (χ4n) is 2.88. The van der Waals surface area contributed by atoms with Crippen molar-refractivity contribution >= 4 is 10.8 Å². The Morgan fingerprint density at radius 2 is 2.10 bits per heavy atom. The van der Waals surface area contributed by atoms with Gasteiger partial charge in [0.15, 0.2) is 0 Å². The molecule has 0 bridgehead atoms. The summed E-state index contributed by atoms with van der Waals surface area (Å²) in [6, 6.07) is 11.7. The zero-order chi connectivity index (χ0) is 14.4. The van der Waals surface area contributed by atoms with Gasteiger partial charge in [0.1, 0.15) is 0 Å². The molecular weight excluding hydrogens is 268 g/mol. The molecule has 0 radical (unpaired) electrons. The van der Waals surface area contributed by atoms with Crippen molar-refractivity contribution in [2.75, 3.05) is 31.6 Å². The highest BCUT2D eigenvalue weighted by Gasteiger charge is 2.27. The first-order valence-corrected chi connectivity index (χ1v) is 9.25. The third-order valence-corrected chi connectivity index (χ3v) is 4.91. The van der Waals surface area contributed by atoms with Gasteiger partial charge in [-0.1, -0.05) is 37.3 Å². The number of benzene rings is 1. The van der Waals surface area contributed by atoms with E-state index in [1.165, 1.54) is 5.56 Å². The fourth-order valence-corrected chi connectivity index (χ4v) is 3.41. The molecule has 1 aromatic carbocycles. The van der Waals surface area contributed by atoms with Crippen LogP contribution in [0, 0.1) is 0 Å². The lowest BCUT2D eigenvalue weighted by Crippen LogP contribution is -2.52. The van der Waals surface area contributed by atoms with E-state index in [2.05, 4.69) is 47.5 Å². The third-order valence-electron chi connectivity index (χ3n) is 4.05. The average Bonchev–Trinajstić information content (AvgIpc) is 2.47. The van der Waals surface area contributed by atoms with Gasteiger partial charge in [-0.15, -0.1) is 0 Å². The van der Waals surface area contributed by atoms with Crippen LogP contribution in [0.4, 0.5) is 0 Å². The summed E-state index contributed by atoms with van der Waals surface area (Å²) in [5.74, 6) is 0.808. The molecule has 1 N–H and O–H groups in total. The second-order valence-corrected chi connectivity index (χ2v) is 7.12. The van der Waals surface area contributed by atoms with Gasteiger partial charge in [0.05, 0.1) is 0 Å². The summed E-state index contributed by atoms with van der Waals surface area (Å²) < 4.78 is 11.2. The van der Waals surface area contributed by atoms with Gasteiger partial charge in [-0.05, 0) is 24.9 Å². The Labute approximate surface area is 125 Å². The molecule has 3 nitrogen and oxygen atoms in total. The number of hydrogen-bond acceptors (Lipinski definition) is 3. The number of hydrogen-bond donors (Lipinski definition) is 1. The minimum atomic E-state index is -0.678. The van der Waals surface area contributed by atoms with Gasteiger partial charge < -0.3 is 5.32 Å². The molecule has 1 fully saturated rings. The van der Waals surface area contributed by atoms with E-state index in [-0.39, 0.29) is 0 Å². The lowest BCUT2D eigenvalue weighted by molar-refractivity contribution is 0.129. The topological polar surface area (TPSA) is 32.3 Å². The lowest BCUT2D eigenvalue weighted by atomic mass is 10.00. The molecule has 3 atom stereocenters. The van der Waals surface area contributed by atoms with Crippen LogP contribution in [-0.4, -0.2) is 46.8 Å². The molecule has 112 valence electrons. The average molecular weight is 294 g/mol. The zero-order valence-corrected chi connectivity index (χ0v) is 13.4. The highest BCUT2D eigenvalue weighted by atomic mass is 32.2. The maximum atomic E-state index is 11.2. The standard InChI is InChI=1S/C16H26N2OS/c1-3-15-13-18(10-7-11-20(2)19)16(12-17-15)14-8-5-4-6-9-14/h4-6,8-9,15-17H,3,7,10-13H2,1-2H3. The smallest absolute Gasteiger partial charge is 0.0473 e. The number of rotatable bonds is 6. The maximum absolute atomic E-state index is 11.2. The van der Waals surface area contributed by atoms with Crippen LogP contribution >= 0.6 is 0 Å². The van der Waals surface area contributed by atoms with Gasteiger partial charge in [-0.3, -0.25) is 9.11 Å². The second-order valence-electron chi connectivity index (χ2n) is 5.57. The van der Waals surface area contributed by atoms with Crippen molar-refractivity contribution in [3.8, 4) is 0 Å². The molecule has 1 aliphatic heterocycles. The van der Waals surface area contributed by atoms with Crippen LogP contribution in [0.15, 0.2) is 30.3 Å². The second kappa shape index (κ2) is 7.91. The molecular formula is C16H26N2OS. The SMILES string of the molecule is CCC1CN(CCCS(C)=O)C(c2ccccc2)CN1. The van der Waals surface area contributed by atoms with Crippen LogP contribution in [0.3, 0.4) is 0 Å². The first-order valence-electron chi connectivity index (χ1n) is 7.53. The molecule has 2 rings (SSSR count). The molecule has 0 aromatic heterocycles. The fraction of sp³-hybridized carbons (Fsp3) is 0.625. The molecule has 1 heterocycles. The Hall–Kier alpha value is -0.710. The van der Waals surface area contributed by atoms with Crippen molar-refractivity contribution in [2.45, 2.75) is 31.8 Å². The zero-order valence-electron chi connectivity index (χ0n) is 12.5. The third kappa shape index (κ3) is 4.40. The van der Waals surface area contributed by atoms with Gasteiger partial charge in [0.2, 0.25) is 0 Å². The van der Waals surface area contributed by atoms with Crippen LogP contribution in [0.1, 0.15) is 31.4 Å². The summed E-state index contributed by atoms with van der Waals surface area (Å²) in [6.07, 6.45) is 3.97. The Balaban J connectivity index is 2.01. The van der Waals surface area contributed by atoms with Gasteiger partial charge in [0.25, 0.3) is 0 Å². The van der Waals surface area contributed by atoms with E-state index in [4.69, 9.17) is 0 Å². The summed E-state index contributed by atoms with van der Waals surface area (Å²) in [7, 11) is -0.678. The van der Waals surface area contributed by atoms with E-state index in [1.807, 2.05) is 0 Å². The van der Waals surface area contributed by atoms with Crippen molar-refractivity contribution in [2.24, 2.45) is 0 Å². The predicted molar refractivity (Wildman–Crippen MR) is 86.4 cm³/mol. The number of nitrogens with zero attached hydrogens (tertiary/aromatic N) is 1. The molecule has 0 aliphatic carbocycles. The predicted octanol–water partition coefficient (Wildman–Crippen LogP) is 2.18. The van der Waals surface area contributed by atoms with Crippen LogP contribution in [0.2, 0.25) is 0 Å². The van der Waals surface area contributed by atoms with E-state index in [9.17, 15) is 4.21 Å². The van der Waals surface area contributed by atoms with Crippen molar-refractivity contribution in [3.63, 3.8) is 0 Å². The minimum absolute atomic E-state index is 0.448. The first kappa shape index (κ1) is 15.7. The van der Waals surface area contributed by atoms with E-state index in [0.717, 1.165) is 38.2 Å². The van der Waals surface area contributed by atoms with E-state index in [0.29, 0.717) is 12.1 Å². The van der Waals surface area contributed by atoms with Crippen LogP contribution < -0.4 is 5.32 Å². The van der Waals surface area contributed by atoms with Crippen LogP contribution in [0.25, 0.3) is 0 Å². The van der Waals surface area contributed by atoms with Gasteiger partial charge in [-0.25, -0.2) is 0 Å². The molecule has 1 aliphatic rings. The van der Waals surface area contributed by atoms with Gasteiger partial charge in [-0.2, -0.15) is 0 Å². The molecule has 1 saturated heterocycles. The highest BCUT2D eigenvalue weighted by molar-refractivity contribution is 7.84. The van der Waals surface area contributed by atoms with E-state index >= 15 is 0 Å². The quantitative estimate of drug-likeness (QED) is 0.873. The normalized spacial score (nSPS) is 25.5. The van der Waals surface area contributed by atoms with Crippen LogP contribution in [-0.2, 0) is 10.8 Å². The summed E-state index contributed by atoms with van der Waals surface area (Å²) in [5, 5.41) is 3.64. The first-order chi connectivity index (χ1) is 9.70. The summed E-state index contributed by atoms with van der Waals surface area (Å²) in [6.45, 7) is 5.38. The van der Waals surface area contributed by atoms with Gasteiger partial charge >= 0.3 is 0 Å². The van der Waals surface area contributed by atoms with E-state index < -0.39 is 10.8 Å². The molecule has 4 heteroatoms. The molecule has 20 heavy (non-hydrogen) atoms. The van der Waals surface area contributed by atoms with Gasteiger partial charge in [0, 0.05) is 48.0 Å². The minimum Gasteiger partial charge on any atom is -0.311 e. The molecule has 1 aromatic rings. The van der Waals surface area contributed by atoms with Crippen molar-refractivity contribution < 1.29 is 4.21 Å². The molecule has 3 unspecified atom stereocenters. The Kier molecular flexibility index (Phi) is 6.20. The largest absolute Gasteiger partial charge is 0.311 e.